The Kier molecular flexibility index (Phi) is 7.93. The van der Waals surface area contributed by atoms with Crippen LogP contribution < -0.4 is 0 Å². The summed E-state index contributed by atoms with van der Waals surface area (Å²) in [5, 5.41) is 38.0. The molecule has 0 radical (unpaired) electrons. The van der Waals surface area contributed by atoms with Gasteiger partial charge in [-0.15, -0.1) is 0 Å². The van der Waals surface area contributed by atoms with E-state index in [9.17, 15) is 20.6 Å². The Morgan fingerprint density at radius 2 is 1.63 bits per heavy atom. The quantitative estimate of drug-likeness (QED) is 0.587. The summed E-state index contributed by atoms with van der Waals surface area (Å²) in [6.07, 6.45) is 1.76. The topological polar surface area (TPSA) is 84.5 Å². The van der Waals surface area contributed by atoms with Gasteiger partial charge in [0.2, 0.25) is 0 Å². The van der Waals surface area contributed by atoms with Crippen molar-refractivity contribution >= 4 is 0 Å². The molecular formula is C15H27NO3. The number of hydrogen-bond donors (Lipinski definition) is 3. The van der Waals surface area contributed by atoms with E-state index in [1.807, 2.05) is 20.8 Å². The van der Waals surface area contributed by atoms with E-state index in [2.05, 4.69) is 13.0 Å². The van der Waals surface area contributed by atoms with Crippen LogP contribution in [0.15, 0.2) is 11.1 Å². The summed E-state index contributed by atoms with van der Waals surface area (Å²) in [7, 11) is 0. The molecule has 2 unspecified atom stereocenters. The fraction of sp³-hybridized carbons (Fsp3) is 0.800. The minimum atomic E-state index is -1.02. The van der Waals surface area contributed by atoms with Crippen LogP contribution in [-0.4, -0.2) is 35.1 Å². The van der Waals surface area contributed by atoms with Crippen LogP contribution >= 0.6 is 0 Å². The molecule has 110 valence electrons. The average molecular weight is 269 g/mol. The molecule has 0 aromatic heterocycles. The fourth-order valence-corrected chi connectivity index (χ4v) is 2.41. The molecule has 4 heteroatoms. The highest BCUT2D eigenvalue weighted by Gasteiger charge is 2.40. The van der Waals surface area contributed by atoms with Crippen LogP contribution in [0, 0.1) is 28.6 Å². The van der Waals surface area contributed by atoms with E-state index in [4.69, 9.17) is 0 Å². The number of hydrogen-bond acceptors (Lipinski definition) is 4. The van der Waals surface area contributed by atoms with Crippen LogP contribution in [0.3, 0.4) is 0 Å². The molecule has 0 bridgehead atoms. The lowest BCUT2D eigenvalue weighted by Gasteiger charge is -2.37. The summed E-state index contributed by atoms with van der Waals surface area (Å²) in [4.78, 5) is 0. The van der Waals surface area contributed by atoms with Gasteiger partial charge in [-0.2, -0.15) is 5.26 Å². The fourth-order valence-electron chi connectivity index (χ4n) is 2.41. The van der Waals surface area contributed by atoms with Gasteiger partial charge in [0.05, 0.1) is 31.8 Å². The summed E-state index contributed by atoms with van der Waals surface area (Å²) in [5.41, 5.74) is 1.13. The highest BCUT2D eigenvalue weighted by Crippen LogP contribution is 2.37. The smallest absolute Gasteiger partial charge is 0.0708 e. The van der Waals surface area contributed by atoms with E-state index in [0.717, 1.165) is 24.0 Å². The summed E-state index contributed by atoms with van der Waals surface area (Å²) in [6, 6.07) is 2.29. The number of allylic oxidation sites excluding steroid dienone is 2. The number of aliphatic hydroxyl groups is 3. The maximum atomic E-state index is 9.50. The predicted molar refractivity (Wildman–Crippen MR) is 75.2 cm³/mol. The Balaban J connectivity index is 5.47. The van der Waals surface area contributed by atoms with Crippen molar-refractivity contribution in [3.63, 3.8) is 0 Å². The van der Waals surface area contributed by atoms with Gasteiger partial charge < -0.3 is 15.3 Å². The molecule has 0 saturated heterocycles. The van der Waals surface area contributed by atoms with Crippen LogP contribution in [0.25, 0.3) is 0 Å². The molecule has 4 nitrogen and oxygen atoms in total. The first-order valence-corrected chi connectivity index (χ1v) is 6.82. The minimum absolute atomic E-state index is 0.311. The molecule has 0 aromatic rings. The summed E-state index contributed by atoms with van der Waals surface area (Å²) < 4.78 is 0. The van der Waals surface area contributed by atoms with Gasteiger partial charge in [0, 0.05) is 5.41 Å². The molecule has 0 saturated carbocycles. The Bertz CT molecular complexity index is 328. The van der Waals surface area contributed by atoms with Gasteiger partial charge in [-0.1, -0.05) is 31.4 Å². The molecule has 19 heavy (non-hydrogen) atoms. The summed E-state index contributed by atoms with van der Waals surface area (Å²) in [5.74, 6) is -0.703. The molecule has 0 aromatic carbocycles. The molecular weight excluding hydrogens is 242 g/mol. The Labute approximate surface area is 116 Å². The zero-order valence-corrected chi connectivity index (χ0v) is 12.5. The van der Waals surface area contributed by atoms with Gasteiger partial charge in [-0.25, -0.2) is 0 Å². The van der Waals surface area contributed by atoms with Crippen LogP contribution in [0.5, 0.6) is 0 Å². The van der Waals surface area contributed by atoms with Crippen LogP contribution in [0.2, 0.25) is 0 Å². The first-order chi connectivity index (χ1) is 8.93. The lowest BCUT2D eigenvalue weighted by molar-refractivity contribution is -0.0411. The molecule has 2 atom stereocenters. The Morgan fingerprint density at radius 1 is 1.16 bits per heavy atom. The zero-order chi connectivity index (χ0) is 15.1. The van der Waals surface area contributed by atoms with Gasteiger partial charge in [-0.05, 0) is 26.2 Å². The van der Waals surface area contributed by atoms with Gasteiger partial charge >= 0.3 is 0 Å². The van der Waals surface area contributed by atoms with Gasteiger partial charge in [0.15, 0.2) is 0 Å². The second-order valence-corrected chi connectivity index (χ2v) is 5.51. The molecule has 0 aliphatic rings. The molecule has 0 aliphatic carbocycles. The normalized spacial score (nSPS) is 14.6. The van der Waals surface area contributed by atoms with Crippen molar-refractivity contribution in [1.82, 2.24) is 0 Å². The first kappa shape index (κ1) is 18.1. The molecule has 0 heterocycles. The third-order valence-corrected chi connectivity index (χ3v) is 4.09. The standard InChI is InChI=1S/C15H27NO3/c1-5-6-13(11(2)3)14(7-16)12(4)15(8-17,9-18)10-19/h12,14,17-19H,5-6,8-10H2,1-4H3. The van der Waals surface area contributed by atoms with Crippen molar-refractivity contribution in [3.8, 4) is 6.07 Å². The monoisotopic (exact) mass is 269 g/mol. The number of nitrogens with zero attached hydrogens (tertiary/aromatic N) is 1. The van der Waals surface area contributed by atoms with Crippen LogP contribution in [-0.2, 0) is 0 Å². The number of aliphatic hydroxyl groups excluding tert-OH is 3. The highest BCUT2D eigenvalue weighted by atomic mass is 16.3. The van der Waals surface area contributed by atoms with E-state index in [-0.39, 0.29) is 25.7 Å². The molecule has 3 N–H and O–H groups in total. The molecule has 0 spiro atoms. The molecule has 0 rings (SSSR count). The largest absolute Gasteiger partial charge is 0.396 e. The third-order valence-electron chi connectivity index (χ3n) is 4.09. The third kappa shape index (κ3) is 4.04. The second kappa shape index (κ2) is 8.31. The van der Waals surface area contributed by atoms with Crippen LogP contribution in [0.4, 0.5) is 0 Å². The molecule has 0 amide bonds. The van der Waals surface area contributed by atoms with Crippen molar-refractivity contribution in [3.05, 3.63) is 11.1 Å². The first-order valence-electron chi connectivity index (χ1n) is 6.82. The van der Waals surface area contributed by atoms with Gasteiger partial charge in [-0.3, -0.25) is 0 Å². The number of rotatable bonds is 8. The predicted octanol–water partition coefficient (Wildman–Crippen LogP) is 1.86. The molecule has 0 fully saturated rings. The van der Waals surface area contributed by atoms with E-state index in [1.165, 1.54) is 0 Å². The average Bonchev–Trinajstić information content (AvgIpc) is 2.41. The van der Waals surface area contributed by atoms with Crippen LogP contribution in [0.1, 0.15) is 40.5 Å². The Hall–Kier alpha value is -0.890. The van der Waals surface area contributed by atoms with Gasteiger partial charge in [0.1, 0.15) is 0 Å². The van der Waals surface area contributed by atoms with E-state index in [1.54, 1.807) is 0 Å². The van der Waals surface area contributed by atoms with Crippen molar-refractivity contribution in [1.29, 1.82) is 5.26 Å². The van der Waals surface area contributed by atoms with Crippen molar-refractivity contribution in [2.45, 2.75) is 40.5 Å². The SMILES string of the molecule is CCCC(=C(C)C)C(C#N)C(C)C(CO)(CO)CO. The second-order valence-electron chi connectivity index (χ2n) is 5.51. The zero-order valence-electron chi connectivity index (χ0n) is 12.5. The summed E-state index contributed by atoms with van der Waals surface area (Å²) in [6.45, 7) is 6.82. The lowest BCUT2D eigenvalue weighted by Crippen LogP contribution is -2.43. The summed E-state index contributed by atoms with van der Waals surface area (Å²) >= 11 is 0. The minimum Gasteiger partial charge on any atom is -0.396 e. The van der Waals surface area contributed by atoms with E-state index in [0.29, 0.717) is 0 Å². The van der Waals surface area contributed by atoms with E-state index < -0.39 is 11.3 Å². The maximum Gasteiger partial charge on any atom is 0.0708 e. The Morgan fingerprint density at radius 3 is 1.89 bits per heavy atom. The van der Waals surface area contributed by atoms with Crippen molar-refractivity contribution in [2.24, 2.45) is 17.3 Å². The van der Waals surface area contributed by atoms with Crippen molar-refractivity contribution < 1.29 is 15.3 Å². The van der Waals surface area contributed by atoms with Crippen molar-refractivity contribution in [2.75, 3.05) is 19.8 Å². The highest BCUT2D eigenvalue weighted by molar-refractivity contribution is 5.21. The maximum absolute atomic E-state index is 9.50. The lowest BCUT2D eigenvalue weighted by atomic mass is 9.68. The number of nitriles is 1. The molecule has 0 aliphatic heterocycles. The van der Waals surface area contributed by atoms with Gasteiger partial charge in [0.25, 0.3) is 0 Å². The van der Waals surface area contributed by atoms with E-state index >= 15 is 0 Å².